The number of unbranched alkanes of at least 4 members (excludes halogenated alkanes) is 2. The summed E-state index contributed by atoms with van der Waals surface area (Å²) in [6, 6.07) is 4.60. The highest BCUT2D eigenvalue weighted by Gasteiger charge is 2.30. The summed E-state index contributed by atoms with van der Waals surface area (Å²) in [7, 11) is 0. The zero-order chi connectivity index (χ0) is 28.5. The van der Waals surface area contributed by atoms with Crippen LogP contribution in [-0.2, 0) is 30.4 Å². The van der Waals surface area contributed by atoms with Crippen LogP contribution in [0.15, 0.2) is 30.3 Å². The standard InChI is InChI=1S/C25H41N7O6/c26-12-6-4-10-18(30-22(34)17(28)14-16-8-2-1-3-9-16)23(35)31-19(11-5-7-13-27)24(36)32-20(25(37)38)15-21(29)33/h1-3,8-9,17-20H,4-7,10-15,26-28H2,(H2,29,33)(H,30,34)(H,31,35)(H,32,36)(H,37,38). The van der Waals surface area contributed by atoms with Gasteiger partial charge in [-0.2, -0.15) is 0 Å². The van der Waals surface area contributed by atoms with Crippen LogP contribution in [0.3, 0.4) is 0 Å². The van der Waals surface area contributed by atoms with Gasteiger partial charge in [0.25, 0.3) is 0 Å². The van der Waals surface area contributed by atoms with Crippen LogP contribution in [0.4, 0.5) is 0 Å². The molecule has 1 rings (SSSR count). The molecule has 0 aromatic heterocycles. The summed E-state index contributed by atoms with van der Waals surface area (Å²) < 4.78 is 0. The maximum Gasteiger partial charge on any atom is 0.326 e. The van der Waals surface area contributed by atoms with E-state index in [9.17, 15) is 29.1 Å². The molecule has 0 aliphatic heterocycles. The van der Waals surface area contributed by atoms with Gasteiger partial charge in [0.2, 0.25) is 23.6 Å². The molecule has 1 aromatic rings. The fraction of sp³-hybridized carbons (Fsp3) is 0.560. The summed E-state index contributed by atoms with van der Waals surface area (Å²) in [4.78, 5) is 61.6. The molecule has 12 N–H and O–H groups in total. The van der Waals surface area contributed by atoms with E-state index in [0.717, 1.165) is 5.56 Å². The van der Waals surface area contributed by atoms with Gasteiger partial charge in [0, 0.05) is 0 Å². The molecular formula is C25H41N7O6. The van der Waals surface area contributed by atoms with Crippen molar-refractivity contribution in [3.63, 3.8) is 0 Å². The van der Waals surface area contributed by atoms with E-state index < -0.39 is 60.2 Å². The summed E-state index contributed by atoms with van der Waals surface area (Å²) >= 11 is 0. The van der Waals surface area contributed by atoms with Gasteiger partial charge in [-0.1, -0.05) is 30.3 Å². The van der Waals surface area contributed by atoms with Crippen molar-refractivity contribution in [2.45, 2.75) is 75.5 Å². The first kappa shape index (κ1) is 32.5. The molecule has 1 aromatic carbocycles. The molecule has 0 heterocycles. The van der Waals surface area contributed by atoms with Crippen LogP contribution in [0.25, 0.3) is 0 Å². The number of benzene rings is 1. The fourth-order valence-corrected chi connectivity index (χ4v) is 3.71. The van der Waals surface area contributed by atoms with Crippen molar-refractivity contribution in [2.75, 3.05) is 13.1 Å². The second-order valence-corrected chi connectivity index (χ2v) is 9.06. The second kappa shape index (κ2) is 17.8. The van der Waals surface area contributed by atoms with Crippen molar-refractivity contribution >= 4 is 29.6 Å². The van der Waals surface area contributed by atoms with E-state index in [1.807, 2.05) is 30.3 Å². The van der Waals surface area contributed by atoms with E-state index in [0.29, 0.717) is 38.8 Å². The SMILES string of the molecule is NCCCCC(NC(=O)C(N)Cc1ccccc1)C(=O)NC(CCCCN)C(=O)NC(CC(N)=O)C(=O)O. The number of hydrogen-bond donors (Lipinski definition) is 8. The normalized spacial score (nSPS) is 14.0. The molecular weight excluding hydrogens is 494 g/mol. The third kappa shape index (κ3) is 12.6. The Labute approximate surface area is 222 Å². The molecule has 0 radical (unpaired) electrons. The van der Waals surface area contributed by atoms with Crippen LogP contribution in [-0.4, -0.2) is 72.0 Å². The van der Waals surface area contributed by atoms with Crippen LogP contribution < -0.4 is 38.9 Å². The van der Waals surface area contributed by atoms with Gasteiger partial charge in [0.1, 0.15) is 18.1 Å². The maximum atomic E-state index is 13.2. The van der Waals surface area contributed by atoms with Crippen LogP contribution in [0, 0.1) is 0 Å². The van der Waals surface area contributed by atoms with Gasteiger partial charge in [-0.25, -0.2) is 4.79 Å². The lowest BCUT2D eigenvalue weighted by Crippen LogP contribution is -2.57. The zero-order valence-electron chi connectivity index (χ0n) is 21.6. The minimum atomic E-state index is -1.55. The largest absolute Gasteiger partial charge is 0.480 e. The molecule has 212 valence electrons. The number of carboxylic acids is 1. The lowest BCUT2D eigenvalue weighted by molar-refractivity contribution is -0.143. The first-order chi connectivity index (χ1) is 18.1. The molecule has 0 saturated heterocycles. The van der Waals surface area contributed by atoms with Crippen molar-refractivity contribution in [3.8, 4) is 0 Å². The van der Waals surface area contributed by atoms with Crippen LogP contribution in [0.5, 0.6) is 0 Å². The van der Waals surface area contributed by atoms with Crippen molar-refractivity contribution in [1.29, 1.82) is 0 Å². The Morgan fingerprint density at radius 2 is 1.21 bits per heavy atom. The van der Waals surface area contributed by atoms with E-state index >= 15 is 0 Å². The molecule has 0 saturated carbocycles. The molecule has 0 aliphatic carbocycles. The van der Waals surface area contributed by atoms with E-state index in [-0.39, 0.29) is 19.3 Å². The Kier molecular flexibility index (Phi) is 15.2. The van der Waals surface area contributed by atoms with Crippen molar-refractivity contribution in [2.24, 2.45) is 22.9 Å². The monoisotopic (exact) mass is 535 g/mol. The van der Waals surface area contributed by atoms with Gasteiger partial charge in [-0.15, -0.1) is 0 Å². The van der Waals surface area contributed by atoms with Gasteiger partial charge in [-0.05, 0) is 63.6 Å². The highest BCUT2D eigenvalue weighted by Crippen LogP contribution is 2.08. The number of carboxylic acid groups (broad SMARTS) is 1. The molecule has 4 atom stereocenters. The van der Waals surface area contributed by atoms with Crippen LogP contribution >= 0.6 is 0 Å². The molecule has 4 unspecified atom stereocenters. The average molecular weight is 536 g/mol. The molecule has 0 fully saturated rings. The lowest BCUT2D eigenvalue weighted by Gasteiger charge is -2.25. The highest BCUT2D eigenvalue weighted by molar-refractivity contribution is 5.94. The second-order valence-electron chi connectivity index (χ2n) is 9.06. The molecule has 13 heteroatoms. The van der Waals surface area contributed by atoms with E-state index in [4.69, 9.17) is 22.9 Å². The Balaban J connectivity index is 2.98. The minimum Gasteiger partial charge on any atom is -0.480 e. The van der Waals surface area contributed by atoms with Gasteiger partial charge < -0.3 is 44.0 Å². The quantitative estimate of drug-likeness (QED) is 0.0932. The number of carbonyl (C=O) groups excluding carboxylic acids is 4. The predicted octanol–water partition coefficient (Wildman–Crippen LogP) is -1.77. The number of amides is 4. The highest BCUT2D eigenvalue weighted by atomic mass is 16.4. The summed E-state index contributed by atoms with van der Waals surface area (Å²) in [6.45, 7) is 0.759. The Hall–Kier alpha value is -3.55. The lowest BCUT2D eigenvalue weighted by atomic mass is 10.0. The third-order valence-electron chi connectivity index (χ3n) is 5.81. The number of nitrogens with two attached hydrogens (primary N) is 4. The van der Waals surface area contributed by atoms with Gasteiger partial charge in [-0.3, -0.25) is 19.2 Å². The molecule has 0 bridgehead atoms. The summed E-state index contributed by atoms with van der Waals surface area (Å²) in [5, 5.41) is 16.8. The van der Waals surface area contributed by atoms with E-state index in [2.05, 4.69) is 16.0 Å². The van der Waals surface area contributed by atoms with Crippen LogP contribution in [0.1, 0.15) is 50.5 Å². The summed E-state index contributed by atoms with van der Waals surface area (Å²) in [5.41, 5.74) is 23.1. The topological polar surface area (TPSA) is 246 Å². The fourth-order valence-electron chi connectivity index (χ4n) is 3.71. The molecule has 4 amide bonds. The first-order valence-corrected chi connectivity index (χ1v) is 12.7. The Morgan fingerprint density at radius 3 is 1.66 bits per heavy atom. The number of rotatable bonds is 19. The number of nitrogens with one attached hydrogen (secondary N) is 3. The molecule has 38 heavy (non-hydrogen) atoms. The molecule has 13 nitrogen and oxygen atoms in total. The predicted molar refractivity (Wildman–Crippen MR) is 141 cm³/mol. The maximum absolute atomic E-state index is 13.2. The van der Waals surface area contributed by atoms with Crippen LogP contribution in [0.2, 0.25) is 0 Å². The van der Waals surface area contributed by atoms with Gasteiger partial charge >= 0.3 is 5.97 Å². The number of primary amides is 1. The Morgan fingerprint density at radius 1 is 0.737 bits per heavy atom. The third-order valence-corrected chi connectivity index (χ3v) is 5.81. The summed E-state index contributed by atoms with van der Waals surface area (Å²) in [6.07, 6.45) is 2.25. The number of aliphatic carboxylic acids is 1. The van der Waals surface area contributed by atoms with Crippen molar-refractivity contribution < 1.29 is 29.1 Å². The Bertz CT molecular complexity index is 915. The first-order valence-electron chi connectivity index (χ1n) is 12.7. The number of hydrogen-bond acceptors (Lipinski definition) is 8. The number of carbonyl (C=O) groups is 5. The average Bonchev–Trinajstić information content (AvgIpc) is 2.87. The van der Waals surface area contributed by atoms with E-state index in [1.54, 1.807) is 0 Å². The molecule has 0 aliphatic rings. The van der Waals surface area contributed by atoms with Gasteiger partial charge in [0.05, 0.1) is 12.5 Å². The van der Waals surface area contributed by atoms with Crippen molar-refractivity contribution in [3.05, 3.63) is 35.9 Å². The van der Waals surface area contributed by atoms with Gasteiger partial charge in [0.15, 0.2) is 0 Å². The smallest absolute Gasteiger partial charge is 0.326 e. The molecule has 0 spiro atoms. The summed E-state index contributed by atoms with van der Waals surface area (Å²) in [5.74, 6) is -4.30. The zero-order valence-corrected chi connectivity index (χ0v) is 21.6. The van der Waals surface area contributed by atoms with E-state index in [1.165, 1.54) is 0 Å². The van der Waals surface area contributed by atoms with Crippen molar-refractivity contribution in [1.82, 2.24) is 16.0 Å². The minimum absolute atomic E-state index is 0.161.